The summed E-state index contributed by atoms with van der Waals surface area (Å²) in [6.45, 7) is -1.00. The second kappa shape index (κ2) is 12.0. The number of carboxylic acid groups (broad SMARTS) is 2. The lowest BCUT2D eigenvalue weighted by molar-refractivity contribution is -0.139. The van der Waals surface area contributed by atoms with Crippen LogP contribution in [-0.4, -0.2) is 54.1 Å². The number of carboxylic acids is 2. The molecule has 0 radical (unpaired) electrons. The van der Waals surface area contributed by atoms with Gasteiger partial charge in [0.1, 0.15) is 24.5 Å². The maximum Gasteiger partial charge on any atom is 0.325 e. The fourth-order valence-electron chi connectivity index (χ4n) is 4.56. The summed E-state index contributed by atoms with van der Waals surface area (Å²) in [4.78, 5) is 54.5. The summed E-state index contributed by atoms with van der Waals surface area (Å²) < 4.78 is 1.87. The zero-order valence-electron chi connectivity index (χ0n) is 22.1. The monoisotopic (exact) mass is 597 g/mol. The first-order chi connectivity index (χ1) is 20.7. The average Bonchev–Trinajstić information content (AvgIpc) is 3.67. The van der Waals surface area contributed by atoms with Gasteiger partial charge in [0.2, 0.25) is 0 Å². The first kappa shape index (κ1) is 28.8. The lowest BCUT2D eigenvalue weighted by Crippen LogP contribution is -2.29. The first-order valence-electron chi connectivity index (χ1n) is 12.7. The van der Waals surface area contributed by atoms with Gasteiger partial charge < -0.3 is 10.2 Å². The van der Waals surface area contributed by atoms with E-state index in [0.717, 1.165) is 9.36 Å². The Kier molecular flexibility index (Phi) is 8.04. The summed E-state index contributed by atoms with van der Waals surface area (Å²) in [5, 5.41) is 35.6. The van der Waals surface area contributed by atoms with Crippen molar-refractivity contribution in [2.24, 2.45) is 9.98 Å². The molecule has 0 spiro atoms. The van der Waals surface area contributed by atoms with E-state index in [2.05, 4.69) is 20.2 Å². The molecular weight excluding hydrogens is 578 g/mol. The van der Waals surface area contributed by atoms with Crippen LogP contribution in [0.1, 0.15) is 16.7 Å². The number of aromatic nitrogens is 4. The molecule has 2 aromatic heterocycles. The Morgan fingerprint density at radius 3 is 1.77 bits per heavy atom. The molecule has 0 saturated heterocycles. The van der Waals surface area contributed by atoms with E-state index in [1.54, 1.807) is 61.0 Å². The molecule has 0 fully saturated rings. The highest BCUT2D eigenvalue weighted by Gasteiger charge is 2.23. The molecule has 4 heterocycles. The van der Waals surface area contributed by atoms with E-state index >= 15 is 0 Å². The van der Waals surface area contributed by atoms with Gasteiger partial charge >= 0.3 is 11.9 Å². The topological polar surface area (TPSA) is 193 Å². The van der Waals surface area contributed by atoms with Crippen molar-refractivity contribution in [3.05, 3.63) is 91.0 Å². The van der Waals surface area contributed by atoms with Crippen LogP contribution in [-0.2, 0) is 35.5 Å². The molecule has 2 aliphatic rings. The number of halogens is 1. The lowest BCUT2D eigenvalue weighted by Gasteiger charge is -2.10. The fourth-order valence-corrected chi connectivity index (χ4v) is 4.75. The Morgan fingerprint density at radius 1 is 0.814 bits per heavy atom. The van der Waals surface area contributed by atoms with E-state index in [-0.39, 0.29) is 0 Å². The Balaban J connectivity index is 0.000000171. The summed E-state index contributed by atoms with van der Waals surface area (Å²) in [7, 11) is 0. The molecule has 0 atom stereocenters. The van der Waals surface area contributed by atoms with Crippen LogP contribution in [0.3, 0.4) is 0 Å². The van der Waals surface area contributed by atoms with Crippen LogP contribution in [0.5, 0.6) is 0 Å². The number of aliphatic carboxylic acids is 2. The third kappa shape index (κ3) is 5.99. The maximum absolute atomic E-state index is 12.2. The predicted octanol–water partition coefficient (Wildman–Crippen LogP) is 3.03. The third-order valence-corrected chi connectivity index (χ3v) is 6.65. The highest BCUT2D eigenvalue weighted by atomic mass is 35.5. The van der Waals surface area contributed by atoms with E-state index in [0.29, 0.717) is 68.4 Å². The molecule has 2 N–H and O–H groups in total. The minimum atomic E-state index is -1.15. The van der Waals surface area contributed by atoms with Gasteiger partial charge in [-0.05, 0) is 24.3 Å². The van der Waals surface area contributed by atoms with Crippen LogP contribution in [0.4, 0.5) is 11.4 Å². The predicted molar refractivity (Wildman–Crippen MR) is 157 cm³/mol. The van der Waals surface area contributed by atoms with Crippen LogP contribution in [0.2, 0.25) is 5.02 Å². The van der Waals surface area contributed by atoms with Crippen molar-refractivity contribution in [2.45, 2.75) is 25.9 Å². The van der Waals surface area contributed by atoms with Gasteiger partial charge in [-0.2, -0.15) is 15.5 Å². The van der Waals surface area contributed by atoms with Gasteiger partial charge in [-0.1, -0.05) is 35.9 Å². The van der Waals surface area contributed by atoms with Crippen LogP contribution in [0, 0.1) is 11.3 Å². The Bertz CT molecular complexity index is 2020. The minimum absolute atomic E-state index is 0.348. The van der Waals surface area contributed by atoms with Gasteiger partial charge in [0.15, 0.2) is 0 Å². The Labute approximate surface area is 247 Å². The number of hydrogen-bond acceptors (Lipinski definition) is 9. The molecule has 0 amide bonds. The van der Waals surface area contributed by atoms with Crippen LogP contribution in [0.25, 0.3) is 22.5 Å². The van der Waals surface area contributed by atoms with E-state index in [1.165, 1.54) is 0 Å². The molecule has 43 heavy (non-hydrogen) atoms. The minimum Gasteiger partial charge on any atom is -0.480 e. The molecule has 214 valence electrons. The number of hydrogen-bond donors (Lipinski definition) is 2. The summed E-state index contributed by atoms with van der Waals surface area (Å²) in [6.07, 6.45) is 3.94. The summed E-state index contributed by atoms with van der Waals surface area (Å²) in [6, 6.07) is 15.7. The zero-order valence-corrected chi connectivity index (χ0v) is 22.9. The Morgan fingerprint density at radius 2 is 1.30 bits per heavy atom. The summed E-state index contributed by atoms with van der Waals surface area (Å²) in [5.74, 6) is -2.27. The van der Waals surface area contributed by atoms with Crippen molar-refractivity contribution in [2.75, 3.05) is 0 Å². The van der Waals surface area contributed by atoms with Crippen molar-refractivity contribution in [3.63, 3.8) is 0 Å². The third-order valence-electron chi connectivity index (χ3n) is 6.41. The van der Waals surface area contributed by atoms with E-state index < -0.39 is 36.1 Å². The van der Waals surface area contributed by atoms with Crippen molar-refractivity contribution < 1.29 is 19.8 Å². The van der Waals surface area contributed by atoms with Crippen LogP contribution < -0.4 is 11.1 Å². The fraction of sp³-hybridized carbons (Fsp3) is 0.138. The highest BCUT2D eigenvalue weighted by molar-refractivity contribution is 6.30. The van der Waals surface area contributed by atoms with Gasteiger partial charge in [-0.25, -0.2) is 9.36 Å². The number of rotatable bonds is 6. The molecule has 0 saturated carbocycles. The van der Waals surface area contributed by atoms with Gasteiger partial charge in [0.05, 0.1) is 34.1 Å². The van der Waals surface area contributed by atoms with E-state index in [9.17, 15) is 19.2 Å². The molecule has 0 unspecified atom stereocenters. The number of aliphatic imine (C=N–C) groups is 2. The molecular formula is C29H20ClN7O6. The van der Waals surface area contributed by atoms with Crippen LogP contribution >= 0.6 is 11.6 Å². The number of fused-ring (bicyclic) bond motifs is 2. The largest absolute Gasteiger partial charge is 0.480 e. The quantitative estimate of drug-likeness (QED) is 0.336. The summed E-state index contributed by atoms with van der Waals surface area (Å²) in [5.41, 5.74) is 3.58. The van der Waals surface area contributed by atoms with Gasteiger partial charge in [-0.3, -0.25) is 29.2 Å². The van der Waals surface area contributed by atoms with Gasteiger partial charge in [-0.15, -0.1) is 0 Å². The standard InChI is InChI=1S/C15H10N4O3.C14H10ClN3O3/c16-7-9-2-1-3-10(6-9)13-14-11(4-5-17-14)15(22)19(18-13)8-12(20)21;15-9-3-1-2-8(6-9)12-13-10(4-5-16-13)14(21)18(17-12)7-11(19)20/h1-3,5-6H,4,8H2,(H,20,21);1-3,5-6H,4,7H2,(H,19,20). The normalized spacial score (nSPS) is 12.2. The SMILES string of the molecule is N#Cc1cccc(-c2nn(CC(=O)O)c(=O)c3c2N=CC3)c1.O=C(O)Cn1nc(-c2cccc(Cl)c2)c2c(c1=O)CC=N2. The van der Waals surface area contributed by atoms with E-state index in [1.807, 2.05) is 6.07 Å². The van der Waals surface area contributed by atoms with Crippen LogP contribution in [0.15, 0.2) is 68.1 Å². The molecule has 2 aliphatic heterocycles. The average molecular weight is 598 g/mol. The molecule has 14 heteroatoms. The van der Waals surface area contributed by atoms with Crippen molar-refractivity contribution in [1.29, 1.82) is 5.26 Å². The first-order valence-corrected chi connectivity index (χ1v) is 13.1. The molecule has 4 aromatic rings. The number of nitrogens with zero attached hydrogens (tertiary/aromatic N) is 7. The molecule has 13 nitrogen and oxygen atoms in total. The highest BCUT2D eigenvalue weighted by Crippen LogP contribution is 2.34. The second-order valence-corrected chi connectivity index (χ2v) is 9.74. The second-order valence-electron chi connectivity index (χ2n) is 9.30. The van der Waals surface area contributed by atoms with Crippen molar-refractivity contribution in [3.8, 4) is 28.6 Å². The molecule has 0 bridgehead atoms. The summed E-state index contributed by atoms with van der Waals surface area (Å²) >= 11 is 5.97. The smallest absolute Gasteiger partial charge is 0.325 e. The van der Waals surface area contributed by atoms with Crippen molar-refractivity contribution >= 4 is 47.3 Å². The Hall–Kier alpha value is -5.74. The number of benzene rings is 2. The van der Waals surface area contributed by atoms with Crippen molar-refractivity contribution in [1.82, 2.24) is 19.6 Å². The zero-order chi connectivity index (χ0) is 30.7. The molecule has 0 aliphatic carbocycles. The number of carbonyl (C=O) groups is 2. The molecule has 6 rings (SSSR count). The maximum atomic E-state index is 12.2. The lowest BCUT2D eigenvalue weighted by atomic mass is 10.1. The number of nitriles is 1. The molecule has 2 aromatic carbocycles. The van der Waals surface area contributed by atoms with E-state index in [4.69, 9.17) is 27.1 Å². The van der Waals surface area contributed by atoms with Gasteiger partial charge in [0.25, 0.3) is 11.1 Å². The van der Waals surface area contributed by atoms with Gasteiger partial charge in [0, 0.05) is 41.4 Å².